The van der Waals surface area contributed by atoms with Crippen molar-refractivity contribution in [2.24, 2.45) is 35.0 Å². The molecule has 1 heterocycles. The number of para-hydroxylation sites is 1. The minimum absolute atomic E-state index is 0.191. The predicted molar refractivity (Wildman–Crippen MR) is 129 cm³/mol. The van der Waals surface area contributed by atoms with Crippen LogP contribution in [-0.4, -0.2) is 39.5 Å². The molecular weight excluding hydrogens is 414 g/mol. The molecule has 1 spiro atoms. The molecule has 33 heavy (non-hydrogen) atoms. The second-order valence-corrected chi connectivity index (χ2v) is 10.5. The first-order valence-electron chi connectivity index (χ1n) is 12.2. The highest BCUT2D eigenvalue weighted by Crippen LogP contribution is 2.58. The molecule has 2 fully saturated rings. The van der Waals surface area contributed by atoms with E-state index in [9.17, 15) is 20.1 Å². The Morgan fingerprint density at radius 2 is 1.85 bits per heavy atom. The number of nitrogens with one attached hydrogen (secondary N) is 1. The van der Waals surface area contributed by atoms with Crippen molar-refractivity contribution in [1.82, 2.24) is 5.32 Å². The fourth-order valence-electron chi connectivity index (χ4n) is 6.61. The fraction of sp³-hybridized carbons (Fsp3) is 0.536. The van der Waals surface area contributed by atoms with Gasteiger partial charge in [0.1, 0.15) is 5.75 Å². The first-order valence-corrected chi connectivity index (χ1v) is 12.2. The second kappa shape index (κ2) is 9.11. The Morgan fingerprint density at radius 1 is 1.12 bits per heavy atom. The lowest BCUT2D eigenvalue weighted by atomic mass is 9.51. The Bertz CT molecular complexity index is 968. The number of carbonyl (C=O) groups is 1. The third kappa shape index (κ3) is 3.95. The summed E-state index contributed by atoms with van der Waals surface area (Å²) in [4.78, 5) is 13.8. The van der Waals surface area contributed by atoms with Gasteiger partial charge in [-0.1, -0.05) is 69.9 Å². The summed E-state index contributed by atoms with van der Waals surface area (Å²) in [6.45, 7) is 10.5. The lowest BCUT2D eigenvalue weighted by Gasteiger charge is -2.51. The van der Waals surface area contributed by atoms with Crippen molar-refractivity contribution in [1.29, 1.82) is 0 Å². The zero-order valence-electron chi connectivity index (χ0n) is 19.8. The summed E-state index contributed by atoms with van der Waals surface area (Å²) in [5.41, 5.74) is 0.228. The molecule has 2 aliphatic carbocycles. The zero-order chi connectivity index (χ0) is 23.9. The molecule has 0 unspecified atom stereocenters. The van der Waals surface area contributed by atoms with Crippen LogP contribution in [0.15, 0.2) is 60.7 Å². The van der Waals surface area contributed by atoms with E-state index in [0.29, 0.717) is 17.9 Å². The third-order valence-electron chi connectivity index (χ3n) is 8.29. The van der Waals surface area contributed by atoms with Gasteiger partial charge in [0.25, 0.3) is 0 Å². The van der Waals surface area contributed by atoms with E-state index in [-0.39, 0.29) is 35.5 Å². The predicted octanol–water partition coefficient (Wildman–Crippen LogP) is 3.76. The summed E-state index contributed by atoms with van der Waals surface area (Å²) in [5, 5.41) is 36.4. The molecule has 0 bridgehead atoms. The lowest BCUT2D eigenvalue weighted by molar-refractivity contribution is -0.147. The van der Waals surface area contributed by atoms with Crippen LogP contribution >= 0.6 is 0 Å². The van der Waals surface area contributed by atoms with Gasteiger partial charge in [-0.3, -0.25) is 4.79 Å². The molecule has 1 saturated heterocycles. The molecule has 4 rings (SSSR count). The molecule has 178 valence electrons. The number of benzene rings is 1. The van der Waals surface area contributed by atoms with Gasteiger partial charge < -0.3 is 20.6 Å². The van der Waals surface area contributed by atoms with Crippen molar-refractivity contribution < 1.29 is 20.1 Å². The van der Waals surface area contributed by atoms with Gasteiger partial charge >= 0.3 is 0 Å². The van der Waals surface area contributed by atoms with Gasteiger partial charge in [0.05, 0.1) is 17.6 Å². The molecule has 9 atom stereocenters. The summed E-state index contributed by atoms with van der Waals surface area (Å²) in [6.07, 6.45) is 8.11. The van der Waals surface area contributed by atoms with Crippen molar-refractivity contribution in [2.45, 2.75) is 58.3 Å². The molecular formula is C28H37NO4. The molecule has 4 N–H and O–H groups in total. The van der Waals surface area contributed by atoms with Crippen molar-refractivity contribution in [2.75, 3.05) is 0 Å². The Balaban J connectivity index is 1.84. The number of rotatable bonds is 2. The average molecular weight is 452 g/mol. The Kier molecular flexibility index (Phi) is 6.56. The van der Waals surface area contributed by atoms with E-state index in [1.54, 1.807) is 18.2 Å². The summed E-state index contributed by atoms with van der Waals surface area (Å²) in [7, 11) is 0. The average Bonchev–Trinajstić information content (AvgIpc) is 3.05. The van der Waals surface area contributed by atoms with Crippen LogP contribution in [-0.2, 0) is 11.2 Å². The fourth-order valence-corrected chi connectivity index (χ4v) is 6.61. The summed E-state index contributed by atoms with van der Waals surface area (Å²) < 4.78 is 0. The minimum atomic E-state index is -1.21. The zero-order valence-corrected chi connectivity index (χ0v) is 19.8. The molecule has 0 aromatic heterocycles. The van der Waals surface area contributed by atoms with E-state index < -0.39 is 23.5 Å². The van der Waals surface area contributed by atoms with E-state index in [0.717, 1.165) is 18.4 Å². The number of amides is 1. The van der Waals surface area contributed by atoms with Gasteiger partial charge in [-0.25, -0.2) is 0 Å². The van der Waals surface area contributed by atoms with Crippen LogP contribution < -0.4 is 5.32 Å². The van der Waals surface area contributed by atoms with E-state index in [2.05, 4.69) is 31.8 Å². The molecule has 0 radical (unpaired) electrons. The maximum absolute atomic E-state index is 13.8. The van der Waals surface area contributed by atoms with Crippen LogP contribution in [0.4, 0.5) is 0 Å². The van der Waals surface area contributed by atoms with Crippen molar-refractivity contribution in [3.8, 4) is 5.75 Å². The van der Waals surface area contributed by atoms with Crippen LogP contribution in [0.5, 0.6) is 5.75 Å². The molecule has 1 amide bonds. The molecule has 5 heteroatoms. The number of allylic oxidation sites excluding steroid dienone is 2. The van der Waals surface area contributed by atoms with E-state index >= 15 is 0 Å². The second-order valence-electron chi connectivity index (χ2n) is 10.5. The number of aliphatic hydroxyl groups is 2. The van der Waals surface area contributed by atoms with E-state index in [4.69, 9.17) is 0 Å². The van der Waals surface area contributed by atoms with Gasteiger partial charge in [-0.15, -0.1) is 0 Å². The van der Waals surface area contributed by atoms with Gasteiger partial charge in [0, 0.05) is 17.9 Å². The molecule has 1 aromatic rings. The SMILES string of the molecule is C=C1[C@H](C)[C@@H]2[C@@H](Cc3ccccc3O)NC(=O)[C@]23[C@H](/C=C/C[C@@H](C)C[C@@H](C)/C=C/[C@@H]3O)[C@H]1O. The summed E-state index contributed by atoms with van der Waals surface area (Å²) in [5.74, 6) is -0.378. The number of phenolic OH excluding ortho intramolecular Hbond substituents is 1. The Labute approximate surface area is 196 Å². The molecule has 1 aliphatic heterocycles. The molecule has 5 nitrogen and oxygen atoms in total. The highest BCUT2D eigenvalue weighted by atomic mass is 16.3. The number of carbonyl (C=O) groups excluding carboxylic acids is 1. The van der Waals surface area contributed by atoms with Gasteiger partial charge in [0.2, 0.25) is 5.91 Å². The lowest BCUT2D eigenvalue weighted by Crippen LogP contribution is -2.59. The van der Waals surface area contributed by atoms with Crippen molar-refractivity contribution >= 4 is 5.91 Å². The first kappa shape index (κ1) is 23.8. The summed E-state index contributed by atoms with van der Waals surface area (Å²) in [6, 6.07) is 6.85. The first-order chi connectivity index (χ1) is 15.7. The Morgan fingerprint density at radius 3 is 2.58 bits per heavy atom. The highest BCUT2D eigenvalue weighted by molar-refractivity contribution is 5.88. The third-order valence-corrected chi connectivity index (χ3v) is 8.29. The number of hydrogen-bond acceptors (Lipinski definition) is 4. The normalized spacial score (nSPS) is 43.1. The van der Waals surface area contributed by atoms with Crippen LogP contribution in [0.2, 0.25) is 0 Å². The highest BCUT2D eigenvalue weighted by Gasteiger charge is 2.67. The molecule has 1 saturated carbocycles. The smallest absolute Gasteiger partial charge is 0.230 e. The summed E-state index contributed by atoms with van der Waals surface area (Å²) >= 11 is 0. The number of aromatic hydroxyl groups is 1. The van der Waals surface area contributed by atoms with Crippen molar-refractivity contribution in [3.63, 3.8) is 0 Å². The van der Waals surface area contributed by atoms with Crippen LogP contribution in [0.1, 0.15) is 39.2 Å². The number of hydrogen-bond donors (Lipinski definition) is 4. The number of aliphatic hydroxyl groups excluding tert-OH is 2. The molecule has 1 aromatic carbocycles. The quantitative estimate of drug-likeness (QED) is 0.516. The van der Waals surface area contributed by atoms with E-state index in [1.165, 1.54) is 0 Å². The molecule has 3 aliphatic rings. The van der Waals surface area contributed by atoms with Crippen LogP contribution in [0.3, 0.4) is 0 Å². The topological polar surface area (TPSA) is 89.8 Å². The maximum Gasteiger partial charge on any atom is 0.230 e. The van der Waals surface area contributed by atoms with Gasteiger partial charge in [-0.05, 0) is 54.2 Å². The van der Waals surface area contributed by atoms with Crippen LogP contribution in [0.25, 0.3) is 0 Å². The number of phenols is 1. The minimum Gasteiger partial charge on any atom is -0.508 e. The van der Waals surface area contributed by atoms with Gasteiger partial charge in [-0.2, -0.15) is 0 Å². The monoisotopic (exact) mass is 451 g/mol. The Hall–Kier alpha value is -2.37. The maximum atomic E-state index is 13.8. The van der Waals surface area contributed by atoms with E-state index in [1.807, 2.05) is 31.2 Å². The van der Waals surface area contributed by atoms with Gasteiger partial charge in [0.15, 0.2) is 0 Å². The van der Waals surface area contributed by atoms with Crippen molar-refractivity contribution in [3.05, 3.63) is 66.3 Å². The van der Waals surface area contributed by atoms with Crippen LogP contribution in [0, 0.1) is 35.0 Å². The standard InChI is InChI=1S/C28H37NO4/c1-16-8-7-10-21-26(32)19(4)18(3)25-22(15-20-9-5-6-11-23(20)30)29-27(33)28(21,25)24(31)13-12-17(2)14-16/h5-7,9-13,16-18,21-22,24-26,30-32H,4,8,14-15H2,1-3H3,(H,29,33)/b10-7+,13-12+/t16-,17+,18+,21-,22-,24+,25-,26+,28+/m1/s1. The largest absolute Gasteiger partial charge is 0.508 e.